The molecular formula is C10H12F2N2O2. The first-order valence-corrected chi connectivity index (χ1v) is 4.78. The van der Waals surface area contributed by atoms with Crippen LogP contribution in [0, 0.1) is 11.6 Å². The lowest BCUT2D eigenvalue weighted by Gasteiger charge is -2.13. The van der Waals surface area contributed by atoms with Gasteiger partial charge < -0.3 is 10.1 Å². The van der Waals surface area contributed by atoms with Crippen molar-refractivity contribution in [3.63, 3.8) is 0 Å². The Balaban J connectivity index is 2.69. The average molecular weight is 230 g/mol. The number of halogens is 2. The highest BCUT2D eigenvalue weighted by atomic mass is 19.1. The summed E-state index contributed by atoms with van der Waals surface area (Å²) in [5.41, 5.74) is 0. The van der Waals surface area contributed by atoms with E-state index >= 15 is 0 Å². The first-order chi connectivity index (χ1) is 7.54. The number of carbonyl (C=O) groups is 1. The van der Waals surface area contributed by atoms with Gasteiger partial charge in [0.2, 0.25) is 0 Å². The quantitative estimate of drug-likeness (QED) is 0.800. The Kier molecular flexibility index (Phi) is 4.16. The molecule has 16 heavy (non-hydrogen) atoms. The monoisotopic (exact) mass is 230 g/mol. The van der Waals surface area contributed by atoms with Crippen molar-refractivity contribution in [3.05, 3.63) is 23.9 Å². The molecule has 0 saturated heterocycles. The number of nitrogens with zero attached hydrogens (tertiary/aromatic N) is 1. The zero-order chi connectivity index (χ0) is 12.1. The molecule has 0 saturated carbocycles. The van der Waals surface area contributed by atoms with Crippen molar-refractivity contribution < 1.29 is 18.3 Å². The van der Waals surface area contributed by atoms with Gasteiger partial charge in [-0.25, -0.2) is 18.6 Å². The van der Waals surface area contributed by atoms with Gasteiger partial charge in [0, 0.05) is 6.07 Å². The summed E-state index contributed by atoms with van der Waals surface area (Å²) in [4.78, 5) is 14.7. The van der Waals surface area contributed by atoms with E-state index in [1.165, 1.54) is 6.92 Å². The zero-order valence-corrected chi connectivity index (χ0v) is 8.96. The van der Waals surface area contributed by atoms with Crippen LogP contribution in [-0.2, 0) is 9.53 Å². The largest absolute Gasteiger partial charge is 0.464 e. The van der Waals surface area contributed by atoms with Gasteiger partial charge in [-0.2, -0.15) is 0 Å². The number of ether oxygens (including phenoxy) is 1. The normalized spacial score (nSPS) is 12.0. The zero-order valence-electron chi connectivity index (χ0n) is 8.96. The van der Waals surface area contributed by atoms with E-state index in [4.69, 9.17) is 4.74 Å². The van der Waals surface area contributed by atoms with Crippen molar-refractivity contribution >= 4 is 11.8 Å². The summed E-state index contributed by atoms with van der Waals surface area (Å²) in [7, 11) is 0. The van der Waals surface area contributed by atoms with E-state index in [0.29, 0.717) is 6.07 Å². The minimum Gasteiger partial charge on any atom is -0.464 e. The molecule has 4 nitrogen and oxygen atoms in total. The number of hydrogen-bond acceptors (Lipinski definition) is 4. The molecule has 0 aromatic carbocycles. The number of nitrogens with one attached hydrogen (secondary N) is 1. The van der Waals surface area contributed by atoms with Gasteiger partial charge >= 0.3 is 5.97 Å². The maximum Gasteiger partial charge on any atom is 0.328 e. The predicted molar refractivity (Wildman–Crippen MR) is 53.9 cm³/mol. The average Bonchev–Trinajstić information content (AvgIpc) is 2.22. The number of aromatic nitrogens is 1. The Morgan fingerprint density at radius 2 is 2.31 bits per heavy atom. The van der Waals surface area contributed by atoms with Gasteiger partial charge in [0.25, 0.3) is 0 Å². The lowest BCUT2D eigenvalue weighted by Crippen LogP contribution is -2.29. The summed E-state index contributed by atoms with van der Waals surface area (Å²) in [6, 6.07) is -0.0554. The third kappa shape index (κ3) is 3.15. The van der Waals surface area contributed by atoms with Crippen LogP contribution in [0.4, 0.5) is 14.6 Å². The van der Waals surface area contributed by atoms with E-state index in [-0.39, 0.29) is 12.4 Å². The van der Waals surface area contributed by atoms with Crippen LogP contribution in [0.15, 0.2) is 12.3 Å². The van der Waals surface area contributed by atoms with Crippen LogP contribution < -0.4 is 5.32 Å². The van der Waals surface area contributed by atoms with E-state index in [2.05, 4.69) is 10.3 Å². The second-order valence-electron chi connectivity index (χ2n) is 3.10. The summed E-state index contributed by atoms with van der Waals surface area (Å²) in [6.45, 7) is 3.41. The van der Waals surface area contributed by atoms with Gasteiger partial charge in [-0.3, -0.25) is 0 Å². The van der Waals surface area contributed by atoms with Crippen molar-refractivity contribution in [3.8, 4) is 0 Å². The van der Waals surface area contributed by atoms with E-state index < -0.39 is 23.6 Å². The van der Waals surface area contributed by atoms with Crippen LogP contribution in [0.2, 0.25) is 0 Å². The molecule has 0 spiro atoms. The van der Waals surface area contributed by atoms with Crippen LogP contribution >= 0.6 is 0 Å². The molecule has 0 aliphatic rings. The summed E-state index contributed by atoms with van der Waals surface area (Å²) < 4.78 is 30.4. The Labute approximate surface area is 91.6 Å². The molecule has 1 heterocycles. The fraction of sp³-hybridized carbons (Fsp3) is 0.400. The SMILES string of the molecule is CCOC(=O)C(C)Nc1ncc(F)cc1F. The predicted octanol–water partition coefficient (Wildman–Crippen LogP) is 1.72. The fourth-order valence-corrected chi connectivity index (χ4v) is 1.05. The molecule has 1 aromatic rings. The molecule has 0 amide bonds. The van der Waals surface area contributed by atoms with E-state index in [9.17, 15) is 13.6 Å². The van der Waals surface area contributed by atoms with Crippen molar-refractivity contribution in [1.29, 1.82) is 0 Å². The molecule has 1 N–H and O–H groups in total. The second-order valence-corrected chi connectivity index (χ2v) is 3.10. The molecule has 0 bridgehead atoms. The van der Waals surface area contributed by atoms with Crippen LogP contribution in [0.25, 0.3) is 0 Å². The standard InChI is InChI=1S/C10H12F2N2O2/c1-3-16-10(15)6(2)14-9-8(12)4-7(11)5-13-9/h4-6H,3H2,1-2H3,(H,13,14). The molecular weight excluding hydrogens is 218 g/mol. The fourth-order valence-electron chi connectivity index (χ4n) is 1.05. The smallest absolute Gasteiger partial charge is 0.328 e. The molecule has 1 aromatic heterocycles. The Morgan fingerprint density at radius 3 is 2.88 bits per heavy atom. The second kappa shape index (κ2) is 5.39. The van der Waals surface area contributed by atoms with Crippen molar-refractivity contribution in [2.24, 2.45) is 0 Å². The molecule has 0 aliphatic carbocycles. The number of pyridine rings is 1. The van der Waals surface area contributed by atoms with Gasteiger partial charge in [0.1, 0.15) is 11.9 Å². The van der Waals surface area contributed by atoms with Crippen molar-refractivity contribution in [2.45, 2.75) is 19.9 Å². The maximum absolute atomic E-state index is 13.1. The number of anilines is 1. The summed E-state index contributed by atoms with van der Waals surface area (Å²) in [5, 5.41) is 2.49. The van der Waals surface area contributed by atoms with Gasteiger partial charge in [-0.1, -0.05) is 0 Å². The van der Waals surface area contributed by atoms with Crippen LogP contribution in [0.3, 0.4) is 0 Å². The highest BCUT2D eigenvalue weighted by Crippen LogP contribution is 2.12. The molecule has 0 fully saturated rings. The van der Waals surface area contributed by atoms with Gasteiger partial charge in [-0.05, 0) is 13.8 Å². The lowest BCUT2D eigenvalue weighted by atomic mass is 10.3. The summed E-state index contributed by atoms with van der Waals surface area (Å²) in [6.07, 6.45) is 0.864. The van der Waals surface area contributed by atoms with Gasteiger partial charge in [0.05, 0.1) is 12.8 Å². The molecule has 1 atom stereocenters. The highest BCUT2D eigenvalue weighted by Gasteiger charge is 2.16. The number of rotatable bonds is 4. The Hall–Kier alpha value is -1.72. The maximum atomic E-state index is 13.1. The highest BCUT2D eigenvalue weighted by molar-refractivity contribution is 5.78. The molecule has 0 radical (unpaired) electrons. The Bertz CT molecular complexity index is 385. The first kappa shape index (κ1) is 12.4. The number of carbonyl (C=O) groups excluding carboxylic acids is 1. The van der Waals surface area contributed by atoms with E-state index in [1.54, 1.807) is 6.92 Å². The molecule has 1 rings (SSSR count). The minimum absolute atomic E-state index is 0.179. The summed E-state index contributed by atoms with van der Waals surface area (Å²) >= 11 is 0. The molecule has 6 heteroatoms. The third-order valence-corrected chi connectivity index (χ3v) is 1.80. The van der Waals surface area contributed by atoms with Gasteiger partial charge in [-0.15, -0.1) is 0 Å². The molecule has 1 unspecified atom stereocenters. The topological polar surface area (TPSA) is 51.2 Å². The molecule has 88 valence electrons. The lowest BCUT2D eigenvalue weighted by molar-refractivity contribution is -0.143. The van der Waals surface area contributed by atoms with Crippen LogP contribution in [-0.4, -0.2) is 23.6 Å². The Morgan fingerprint density at radius 1 is 1.62 bits per heavy atom. The minimum atomic E-state index is -0.851. The van der Waals surface area contributed by atoms with Crippen LogP contribution in [0.5, 0.6) is 0 Å². The summed E-state index contributed by atoms with van der Waals surface area (Å²) in [5.74, 6) is -2.32. The molecule has 0 aliphatic heterocycles. The van der Waals surface area contributed by atoms with Crippen LogP contribution in [0.1, 0.15) is 13.8 Å². The van der Waals surface area contributed by atoms with E-state index in [0.717, 1.165) is 6.20 Å². The van der Waals surface area contributed by atoms with Gasteiger partial charge in [0.15, 0.2) is 11.6 Å². The van der Waals surface area contributed by atoms with Crippen molar-refractivity contribution in [1.82, 2.24) is 4.98 Å². The third-order valence-electron chi connectivity index (χ3n) is 1.80. The van der Waals surface area contributed by atoms with E-state index in [1.807, 2.05) is 0 Å². The number of hydrogen-bond donors (Lipinski definition) is 1. The number of esters is 1. The first-order valence-electron chi connectivity index (χ1n) is 4.78. The van der Waals surface area contributed by atoms with Crippen molar-refractivity contribution in [2.75, 3.05) is 11.9 Å².